The fraction of sp³-hybridized carbons (Fsp3) is 0.556. The van der Waals surface area contributed by atoms with Gasteiger partial charge in [0, 0.05) is 7.11 Å². The third-order valence-corrected chi connectivity index (χ3v) is 1.78. The molecule has 1 heterocycles. The van der Waals surface area contributed by atoms with Gasteiger partial charge in [-0.1, -0.05) is 0 Å². The van der Waals surface area contributed by atoms with Crippen LogP contribution in [0.25, 0.3) is 0 Å². The van der Waals surface area contributed by atoms with Crippen LogP contribution in [0.4, 0.5) is 13.2 Å². The maximum atomic E-state index is 12.6. The van der Waals surface area contributed by atoms with Gasteiger partial charge in [0.25, 0.3) is 0 Å². The van der Waals surface area contributed by atoms with Crippen LogP contribution in [0.5, 0.6) is 0 Å². The summed E-state index contributed by atoms with van der Waals surface area (Å²) in [5, 5.41) is 3.24. The van der Waals surface area contributed by atoms with Gasteiger partial charge in [-0.2, -0.15) is 9.78 Å². The predicted molar refractivity (Wildman–Crippen MR) is 50.2 cm³/mol. The molecule has 0 amide bonds. The largest absolute Gasteiger partial charge is 0.505 e. The number of nitrogens with zero attached hydrogens (tertiary/aromatic N) is 2. The Bertz CT molecular complexity index is 401. The lowest BCUT2D eigenvalue weighted by molar-refractivity contribution is -0.213. The fourth-order valence-electron chi connectivity index (χ4n) is 1.19. The molecule has 0 aliphatic heterocycles. The van der Waals surface area contributed by atoms with Gasteiger partial charge in [-0.05, 0) is 13.0 Å². The van der Waals surface area contributed by atoms with Gasteiger partial charge in [-0.25, -0.2) is 4.79 Å². The molecule has 17 heavy (non-hydrogen) atoms. The minimum Gasteiger partial charge on any atom is -0.461 e. The van der Waals surface area contributed by atoms with Gasteiger partial charge in [-0.15, -0.1) is 13.2 Å². The number of rotatable bonds is 4. The van der Waals surface area contributed by atoms with Gasteiger partial charge in [0.05, 0.1) is 18.9 Å². The average Bonchev–Trinajstić information content (AvgIpc) is 2.62. The minimum atomic E-state index is -4.77. The first-order valence-electron chi connectivity index (χ1n) is 4.72. The van der Waals surface area contributed by atoms with Crippen LogP contribution < -0.4 is 0 Å². The molecule has 0 fully saturated rings. The summed E-state index contributed by atoms with van der Waals surface area (Å²) in [7, 11) is 1.32. The highest BCUT2D eigenvalue weighted by atomic mass is 19.4. The van der Waals surface area contributed by atoms with E-state index in [1.54, 1.807) is 0 Å². The van der Waals surface area contributed by atoms with Gasteiger partial charge < -0.3 is 9.47 Å². The number of methoxy groups -OCH3 is 1. The standard InChI is InChI=1S/C9H11F3N2O3/c1-3-17-8(15)7-4-6(5-16-2)13-14(7)9(10,11)12/h4H,3,5H2,1-2H3. The molecular weight excluding hydrogens is 241 g/mol. The van der Waals surface area contributed by atoms with Crippen LogP contribution in [0, 0.1) is 0 Å². The highest BCUT2D eigenvalue weighted by molar-refractivity contribution is 5.87. The molecule has 0 N–H and O–H groups in total. The first-order chi connectivity index (χ1) is 7.90. The van der Waals surface area contributed by atoms with Crippen LogP contribution in [-0.4, -0.2) is 29.5 Å². The molecular formula is C9H11F3N2O3. The minimum absolute atomic E-state index is 0.00729. The Kier molecular flexibility index (Phi) is 4.11. The van der Waals surface area contributed by atoms with Crippen LogP contribution in [0.15, 0.2) is 6.07 Å². The second-order valence-corrected chi connectivity index (χ2v) is 3.05. The van der Waals surface area contributed by atoms with E-state index in [0.29, 0.717) is 0 Å². The van der Waals surface area contributed by atoms with E-state index in [1.807, 2.05) is 0 Å². The second-order valence-electron chi connectivity index (χ2n) is 3.05. The summed E-state index contributed by atoms with van der Waals surface area (Å²) in [6.07, 6.45) is -4.77. The molecule has 0 spiro atoms. The summed E-state index contributed by atoms with van der Waals surface area (Å²) in [6.45, 7) is 1.37. The van der Waals surface area contributed by atoms with E-state index in [1.165, 1.54) is 14.0 Å². The smallest absolute Gasteiger partial charge is 0.461 e. The zero-order chi connectivity index (χ0) is 13.1. The molecule has 0 aromatic carbocycles. The number of aromatic nitrogens is 2. The quantitative estimate of drug-likeness (QED) is 0.765. The molecule has 0 aliphatic carbocycles. The molecule has 0 atom stereocenters. The van der Waals surface area contributed by atoms with Crippen LogP contribution in [0.3, 0.4) is 0 Å². The monoisotopic (exact) mass is 252 g/mol. The van der Waals surface area contributed by atoms with Gasteiger partial charge in [-0.3, -0.25) is 0 Å². The molecule has 0 aliphatic rings. The number of hydrogen-bond acceptors (Lipinski definition) is 4. The lowest BCUT2D eigenvalue weighted by Crippen LogP contribution is -2.24. The first kappa shape index (κ1) is 13.5. The molecule has 0 bridgehead atoms. The molecule has 5 nitrogen and oxygen atoms in total. The Balaban J connectivity index is 3.12. The van der Waals surface area contributed by atoms with Crippen molar-refractivity contribution in [2.24, 2.45) is 0 Å². The number of halogens is 3. The molecule has 96 valence electrons. The van der Waals surface area contributed by atoms with E-state index in [9.17, 15) is 18.0 Å². The molecule has 0 unspecified atom stereocenters. The maximum Gasteiger partial charge on any atom is 0.505 e. The summed E-state index contributed by atoms with van der Waals surface area (Å²) >= 11 is 0. The van der Waals surface area contributed by atoms with Crippen LogP contribution in [-0.2, 0) is 22.4 Å². The van der Waals surface area contributed by atoms with Crippen LogP contribution in [0.2, 0.25) is 0 Å². The summed E-state index contributed by atoms with van der Waals surface area (Å²) in [5.41, 5.74) is -0.653. The van der Waals surface area contributed by atoms with E-state index in [-0.39, 0.29) is 23.6 Å². The first-order valence-corrected chi connectivity index (χ1v) is 4.72. The number of hydrogen-bond donors (Lipinski definition) is 0. The van der Waals surface area contributed by atoms with Crippen molar-refractivity contribution in [3.05, 3.63) is 17.5 Å². The highest BCUT2D eigenvalue weighted by Crippen LogP contribution is 2.24. The van der Waals surface area contributed by atoms with Gasteiger partial charge >= 0.3 is 12.3 Å². The Hall–Kier alpha value is -1.57. The number of alkyl halides is 3. The van der Waals surface area contributed by atoms with Crippen LogP contribution in [0.1, 0.15) is 23.1 Å². The van der Waals surface area contributed by atoms with Gasteiger partial charge in [0.1, 0.15) is 0 Å². The molecule has 0 saturated heterocycles. The summed E-state index contributed by atoms with van der Waals surface area (Å²) in [4.78, 5) is 11.3. The van der Waals surface area contributed by atoms with Crippen molar-refractivity contribution >= 4 is 5.97 Å². The number of ether oxygens (including phenoxy) is 2. The Morgan fingerprint density at radius 3 is 2.65 bits per heavy atom. The topological polar surface area (TPSA) is 53.4 Å². The molecule has 1 rings (SSSR count). The SMILES string of the molecule is CCOC(=O)c1cc(COC)nn1C(F)(F)F. The van der Waals surface area contributed by atoms with Crippen molar-refractivity contribution in [2.75, 3.05) is 13.7 Å². The third-order valence-electron chi connectivity index (χ3n) is 1.78. The van der Waals surface area contributed by atoms with E-state index in [2.05, 4.69) is 14.6 Å². The van der Waals surface area contributed by atoms with Gasteiger partial charge in [0.15, 0.2) is 5.69 Å². The number of esters is 1. The van der Waals surface area contributed by atoms with Crippen molar-refractivity contribution in [1.82, 2.24) is 9.78 Å². The van der Waals surface area contributed by atoms with Crippen molar-refractivity contribution in [3.63, 3.8) is 0 Å². The van der Waals surface area contributed by atoms with Crippen molar-refractivity contribution in [3.8, 4) is 0 Å². The number of carbonyl (C=O) groups is 1. The van der Waals surface area contributed by atoms with Crippen molar-refractivity contribution in [1.29, 1.82) is 0 Å². The predicted octanol–water partition coefficient (Wildman–Crippen LogP) is 1.68. The fourth-order valence-corrected chi connectivity index (χ4v) is 1.19. The highest BCUT2D eigenvalue weighted by Gasteiger charge is 2.37. The maximum absolute atomic E-state index is 12.6. The van der Waals surface area contributed by atoms with E-state index in [4.69, 9.17) is 0 Å². The zero-order valence-corrected chi connectivity index (χ0v) is 9.24. The Labute approximate surface area is 95.1 Å². The molecule has 0 radical (unpaired) electrons. The van der Waals surface area contributed by atoms with E-state index in [0.717, 1.165) is 6.07 Å². The Morgan fingerprint density at radius 2 is 2.18 bits per heavy atom. The van der Waals surface area contributed by atoms with Crippen molar-refractivity contribution < 1.29 is 27.4 Å². The lowest BCUT2D eigenvalue weighted by atomic mass is 10.3. The molecule has 1 aromatic rings. The molecule has 0 saturated carbocycles. The van der Waals surface area contributed by atoms with Crippen LogP contribution >= 0.6 is 0 Å². The third kappa shape index (κ3) is 3.19. The molecule has 1 aromatic heterocycles. The van der Waals surface area contributed by atoms with E-state index >= 15 is 0 Å². The Morgan fingerprint density at radius 1 is 1.53 bits per heavy atom. The molecule has 8 heteroatoms. The summed E-state index contributed by atoms with van der Waals surface area (Å²) < 4.78 is 46.5. The summed E-state index contributed by atoms with van der Waals surface area (Å²) in [6, 6.07) is 0.995. The average molecular weight is 252 g/mol. The zero-order valence-electron chi connectivity index (χ0n) is 9.24. The number of carbonyl (C=O) groups excluding carboxylic acids is 1. The normalized spacial score (nSPS) is 11.6. The van der Waals surface area contributed by atoms with Crippen molar-refractivity contribution in [2.45, 2.75) is 19.8 Å². The summed E-state index contributed by atoms with van der Waals surface area (Å²) in [5.74, 6) is -1.07. The van der Waals surface area contributed by atoms with E-state index < -0.39 is 18.0 Å². The van der Waals surface area contributed by atoms with Gasteiger partial charge in [0.2, 0.25) is 0 Å². The second kappa shape index (κ2) is 5.17. The lowest BCUT2D eigenvalue weighted by Gasteiger charge is -2.09.